The van der Waals surface area contributed by atoms with Gasteiger partial charge in [-0.1, -0.05) is 28.1 Å². The van der Waals surface area contributed by atoms with Crippen LogP contribution in [0.2, 0.25) is 0 Å². The van der Waals surface area contributed by atoms with Crippen LogP contribution in [0.1, 0.15) is 42.7 Å². The molecule has 24 heavy (non-hydrogen) atoms. The number of nitrogens with one attached hydrogen (secondary N) is 1. The highest BCUT2D eigenvalue weighted by molar-refractivity contribution is 9.10. The molecule has 4 heteroatoms. The van der Waals surface area contributed by atoms with Crippen molar-refractivity contribution in [3.8, 4) is 5.75 Å². The van der Waals surface area contributed by atoms with Crippen LogP contribution in [0.25, 0.3) is 0 Å². The molecule has 0 saturated heterocycles. The molecule has 1 heterocycles. The zero-order valence-electron chi connectivity index (χ0n) is 14.4. The minimum atomic E-state index is 0.690. The molecule has 1 aliphatic rings. The summed E-state index contributed by atoms with van der Waals surface area (Å²) in [5, 5.41) is 3.48. The minimum absolute atomic E-state index is 0.690. The molecule has 0 unspecified atom stereocenters. The van der Waals surface area contributed by atoms with E-state index in [0.717, 1.165) is 28.5 Å². The summed E-state index contributed by atoms with van der Waals surface area (Å²) in [6.45, 7) is 3.14. The maximum atomic E-state index is 5.37. The van der Waals surface area contributed by atoms with Gasteiger partial charge in [0.2, 0.25) is 0 Å². The Morgan fingerprint density at radius 3 is 2.62 bits per heavy atom. The lowest BCUT2D eigenvalue weighted by Crippen LogP contribution is -2.21. The molecule has 0 amide bonds. The Bertz CT molecular complexity index is 681. The number of halogens is 1. The Morgan fingerprint density at radius 2 is 1.96 bits per heavy atom. The standard InChI is InChI=1S/C20H25BrN2O/c1-14-11-17(7-8-19(14)24-2)16-5-3-15(4-6-16)13-23-20-12-18(21)9-10-22-20/h7-12,15-16H,3-6,13H2,1-2H3,(H,22,23). The lowest BCUT2D eigenvalue weighted by Gasteiger charge is -2.29. The van der Waals surface area contributed by atoms with E-state index >= 15 is 0 Å². The van der Waals surface area contributed by atoms with Gasteiger partial charge in [0.05, 0.1) is 7.11 Å². The number of methoxy groups -OCH3 is 1. The molecule has 1 N–H and O–H groups in total. The van der Waals surface area contributed by atoms with Gasteiger partial charge in [0.1, 0.15) is 11.6 Å². The van der Waals surface area contributed by atoms with E-state index in [1.807, 2.05) is 18.3 Å². The van der Waals surface area contributed by atoms with Crippen LogP contribution in [0, 0.1) is 12.8 Å². The van der Waals surface area contributed by atoms with Gasteiger partial charge in [0.15, 0.2) is 0 Å². The van der Waals surface area contributed by atoms with E-state index in [1.165, 1.54) is 36.8 Å². The number of ether oxygens (including phenoxy) is 1. The van der Waals surface area contributed by atoms with Gasteiger partial charge in [-0.05, 0) is 73.8 Å². The maximum Gasteiger partial charge on any atom is 0.127 e. The van der Waals surface area contributed by atoms with Crippen molar-refractivity contribution in [2.24, 2.45) is 5.92 Å². The van der Waals surface area contributed by atoms with E-state index in [2.05, 4.69) is 51.4 Å². The third-order valence-corrected chi connectivity index (χ3v) is 5.52. The number of benzene rings is 1. The summed E-state index contributed by atoms with van der Waals surface area (Å²) in [5.41, 5.74) is 2.70. The van der Waals surface area contributed by atoms with E-state index in [-0.39, 0.29) is 0 Å². The molecule has 0 spiro atoms. The van der Waals surface area contributed by atoms with Crippen LogP contribution >= 0.6 is 15.9 Å². The van der Waals surface area contributed by atoms with Crippen molar-refractivity contribution in [3.05, 3.63) is 52.1 Å². The zero-order valence-corrected chi connectivity index (χ0v) is 16.0. The molecule has 0 radical (unpaired) electrons. The van der Waals surface area contributed by atoms with E-state index < -0.39 is 0 Å². The lowest BCUT2D eigenvalue weighted by atomic mass is 9.78. The molecule has 3 rings (SSSR count). The van der Waals surface area contributed by atoms with Crippen LogP contribution in [0.5, 0.6) is 5.75 Å². The molecule has 3 nitrogen and oxygen atoms in total. The summed E-state index contributed by atoms with van der Waals surface area (Å²) in [6, 6.07) is 10.6. The van der Waals surface area contributed by atoms with Gasteiger partial charge in [0, 0.05) is 17.2 Å². The zero-order chi connectivity index (χ0) is 16.9. The summed E-state index contributed by atoms with van der Waals surface area (Å²) >= 11 is 3.49. The highest BCUT2D eigenvalue weighted by atomic mass is 79.9. The number of pyridine rings is 1. The second kappa shape index (κ2) is 8.02. The molecule has 0 atom stereocenters. The van der Waals surface area contributed by atoms with Crippen molar-refractivity contribution in [2.45, 2.75) is 38.5 Å². The fourth-order valence-corrected chi connectivity index (χ4v) is 3.94. The number of hydrogen-bond donors (Lipinski definition) is 1. The highest BCUT2D eigenvalue weighted by Crippen LogP contribution is 2.37. The molecule has 1 saturated carbocycles. The average molecular weight is 389 g/mol. The first kappa shape index (κ1) is 17.3. The molecule has 1 aromatic heterocycles. The monoisotopic (exact) mass is 388 g/mol. The summed E-state index contributed by atoms with van der Waals surface area (Å²) < 4.78 is 6.44. The van der Waals surface area contributed by atoms with Crippen molar-refractivity contribution in [3.63, 3.8) is 0 Å². The minimum Gasteiger partial charge on any atom is -0.496 e. The number of hydrogen-bond acceptors (Lipinski definition) is 3. The van der Waals surface area contributed by atoms with Gasteiger partial charge in [-0.25, -0.2) is 4.98 Å². The molecule has 0 aliphatic heterocycles. The smallest absolute Gasteiger partial charge is 0.127 e. The molecule has 2 aromatic rings. The van der Waals surface area contributed by atoms with Crippen molar-refractivity contribution >= 4 is 21.7 Å². The van der Waals surface area contributed by atoms with Gasteiger partial charge in [-0.3, -0.25) is 0 Å². The SMILES string of the molecule is COc1ccc(C2CCC(CNc3cc(Br)ccn3)CC2)cc1C. The molecule has 1 fully saturated rings. The molecule has 1 aromatic carbocycles. The summed E-state index contributed by atoms with van der Waals surface area (Å²) in [5.74, 6) is 3.37. The van der Waals surface area contributed by atoms with E-state index in [9.17, 15) is 0 Å². The number of aryl methyl sites for hydroxylation is 1. The van der Waals surface area contributed by atoms with Crippen LogP contribution in [0.3, 0.4) is 0 Å². The van der Waals surface area contributed by atoms with Crippen LogP contribution in [0.15, 0.2) is 41.0 Å². The predicted molar refractivity (Wildman–Crippen MR) is 103 cm³/mol. The van der Waals surface area contributed by atoms with Crippen LogP contribution in [-0.2, 0) is 0 Å². The molecule has 128 valence electrons. The van der Waals surface area contributed by atoms with Gasteiger partial charge >= 0.3 is 0 Å². The fourth-order valence-electron chi connectivity index (χ4n) is 3.61. The van der Waals surface area contributed by atoms with Crippen molar-refractivity contribution < 1.29 is 4.74 Å². The van der Waals surface area contributed by atoms with Gasteiger partial charge in [-0.2, -0.15) is 0 Å². The lowest BCUT2D eigenvalue weighted by molar-refractivity contribution is 0.338. The largest absolute Gasteiger partial charge is 0.496 e. The Hall–Kier alpha value is -1.55. The third kappa shape index (κ3) is 4.29. The second-order valence-corrected chi connectivity index (χ2v) is 7.60. The Kier molecular flexibility index (Phi) is 5.77. The Labute approximate surface area is 153 Å². The predicted octanol–water partition coefficient (Wildman–Crippen LogP) is 5.55. The Morgan fingerprint density at radius 1 is 1.17 bits per heavy atom. The van der Waals surface area contributed by atoms with Crippen molar-refractivity contribution in [1.29, 1.82) is 0 Å². The van der Waals surface area contributed by atoms with E-state index in [0.29, 0.717) is 5.92 Å². The van der Waals surface area contributed by atoms with Crippen LogP contribution < -0.4 is 10.1 Å². The number of rotatable bonds is 5. The normalized spacial score (nSPS) is 20.6. The fraction of sp³-hybridized carbons (Fsp3) is 0.450. The van der Waals surface area contributed by atoms with Gasteiger partial charge in [-0.15, -0.1) is 0 Å². The number of nitrogens with zero attached hydrogens (tertiary/aromatic N) is 1. The first-order chi connectivity index (χ1) is 11.7. The maximum absolute atomic E-state index is 5.37. The topological polar surface area (TPSA) is 34.1 Å². The van der Waals surface area contributed by atoms with Crippen molar-refractivity contribution in [1.82, 2.24) is 4.98 Å². The van der Waals surface area contributed by atoms with Crippen LogP contribution in [0.4, 0.5) is 5.82 Å². The van der Waals surface area contributed by atoms with Gasteiger partial charge < -0.3 is 10.1 Å². The third-order valence-electron chi connectivity index (χ3n) is 5.03. The first-order valence-corrected chi connectivity index (χ1v) is 9.45. The van der Waals surface area contributed by atoms with Crippen LogP contribution in [-0.4, -0.2) is 18.6 Å². The number of aromatic nitrogens is 1. The number of anilines is 1. The quantitative estimate of drug-likeness (QED) is 0.728. The Balaban J connectivity index is 1.51. The molecule has 0 bridgehead atoms. The van der Waals surface area contributed by atoms with E-state index in [4.69, 9.17) is 4.74 Å². The average Bonchev–Trinajstić information content (AvgIpc) is 2.60. The van der Waals surface area contributed by atoms with Gasteiger partial charge in [0.25, 0.3) is 0 Å². The van der Waals surface area contributed by atoms with E-state index in [1.54, 1.807) is 7.11 Å². The second-order valence-electron chi connectivity index (χ2n) is 6.69. The van der Waals surface area contributed by atoms with Crippen molar-refractivity contribution in [2.75, 3.05) is 19.0 Å². The molecule has 1 aliphatic carbocycles. The summed E-state index contributed by atoms with van der Waals surface area (Å²) in [4.78, 5) is 4.36. The summed E-state index contributed by atoms with van der Waals surface area (Å²) in [6.07, 6.45) is 6.91. The molecular weight excluding hydrogens is 364 g/mol. The highest BCUT2D eigenvalue weighted by Gasteiger charge is 2.22. The first-order valence-electron chi connectivity index (χ1n) is 8.65. The summed E-state index contributed by atoms with van der Waals surface area (Å²) in [7, 11) is 1.74. The molecular formula is C20H25BrN2O.